The third-order valence-corrected chi connectivity index (χ3v) is 5.13. The molecule has 0 unspecified atom stereocenters. The zero-order chi connectivity index (χ0) is 21.7. The summed E-state index contributed by atoms with van der Waals surface area (Å²) in [5.41, 5.74) is 2.24. The Morgan fingerprint density at radius 2 is 1.70 bits per heavy atom. The number of carbonyl (C=O) groups excluding carboxylic acids is 2. The molecule has 160 valence electrons. The van der Waals surface area contributed by atoms with Gasteiger partial charge in [0.25, 0.3) is 5.91 Å². The smallest absolute Gasteiger partial charge is 0.323 e. The quantitative estimate of drug-likeness (QED) is 0.658. The lowest BCUT2D eigenvalue weighted by atomic mass is 9.97. The summed E-state index contributed by atoms with van der Waals surface area (Å²) in [7, 11) is 0. The van der Waals surface area contributed by atoms with Gasteiger partial charge in [0.1, 0.15) is 5.82 Å². The first kappa shape index (κ1) is 21.6. The van der Waals surface area contributed by atoms with E-state index >= 15 is 0 Å². The molecule has 0 aromatic heterocycles. The standard InChI is InChI=1S/C23H29FN4O2/c1-15(2)25-22(29)20-14-19(7-8-21(20)28-11-9-16(3)10-12-28)27-23(30)26-18-6-4-5-17(24)13-18/h4-8,13-16H,9-12H2,1-3H3,(H,25,29)(H2,26,27,30). The molecule has 3 N–H and O–H groups in total. The average molecular weight is 413 g/mol. The van der Waals surface area contributed by atoms with Gasteiger partial charge in [0.15, 0.2) is 0 Å². The van der Waals surface area contributed by atoms with Crippen molar-refractivity contribution < 1.29 is 14.0 Å². The van der Waals surface area contributed by atoms with Crippen molar-refractivity contribution >= 4 is 29.0 Å². The molecule has 0 saturated carbocycles. The van der Waals surface area contributed by atoms with Crippen LogP contribution in [0.4, 0.5) is 26.2 Å². The predicted molar refractivity (Wildman–Crippen MR) is 119 cm³/mol. The molecular weight excluding hydrogens is 383 g/mol. The molecule has 30 heavy (non-hydrogen) atoms. The van der Waals surface area contributed by atoms with Gasteiger partial charge < -0.3 is 20.9 Å². The van der Waals surface area contributed by atoms with Crippen molar-refractivity contribution in [3.8, 4) is 0 Å². The molecule has 0 aliphatic carbocycles. The molecule has 1 aliphatic heterocycles. The van der Waals surface area contributed by atoms with E-state index in [-0.39, 0.29) is 11.9 Å². The maximum Gasteiger partial charge on any atom is 0.323 e. The van der Waals surface area contributed by atoms with E-state index in [1.165, 1.54) is 18.2 Å². The Morgan fingerprint density at radius 3 is 2.33 bits per heavy atom. The minimum absolute atomic E-state index is 0.000353. The summed E-state index contributed by atoms with van der Waals surface area (Å²) in [5.74, 6) is 0.0788. The third-order valence-electron chi connectivity index (χ3n) is 5.13. The Labute approximate surface area is 176 Å². The largest absolute Gasteiger partial charge is 0.371 e. The summed E-state index contributed by atoms with van der Waals surface area (Å²) in [6.07, 6.45) is 2.17. The fourth-order valence-corrected chi connectivity index (χ4v) is 3.52. The Bertz CT molecular complexity index is 908. The van der Waals surface area contributed by atoms with Gasteiger partial charge in [-0.15, -0.1) is 0 Å². The van der Waals surface area contributed by atoms with Gasteiger partial charge in [-0.1, -0.05) is 13.0 Å². The number of rotatable bonds is 5. The topological polar surface area (TPSA) is 73.5 Å². The number of nitrogens with zero attached hydrogens (tertiary/aromatic N) is 1. The van der Waals surface area contributed by atoms with Crippen molar-refractivity contribution in [2.45, 2.75) is 39.7 Å². The second kappa shape index (κ2) is 9.61. The molecule has 1 saturated heterocycles. The summed E-state index contributed by atoms with van der Waals surface area (Å²) in [6, 6.07) is 10.5. The van der Waals surface area contributed by atoms with E-state index in [1.807, 2.05) is 19.9 Å². The highest BCUT2D eigenvalue weighted by molar-refractivity contribution is 6.04. The summed E-state index contributed by atoms with van der Waals surface area (Å²) < 4.78 is 13.3. The van der Waals surface area contributed by atoms with Crippen LogP contribution in [0.25, 0.3) is 0 Å². The van der Waals surface area contributed by atoms with Crippen LogP contribution in [-0.2, 0) is 0 Å². The molecule has 0 atom stereocenters. The van der Waals surface area contributed by atoms with Crippen molar-refractivity contribution in [2.75, 3.05) is 28.6 Å². The van der Waals surface area contributed by atoms with Gasteiger partial charge >= 0.3 is 6.03 Å². The Morgan fingerprint density at radius 1 is 1.03 bits per heavy atom. The molecule has 0 spiro atoms. The molecule has 3 rings (SSSR count). The number of carbonyl (C=O) groups is 2. The number of halogens is 1. The normalized spacial score (nSPS) is 14.5. The summed E-state index contributed by atoms with van der Waals surface area (Å²) in [5, 5.41) is 8.26. The van der Waals surface area contributed by atoms with Crippen LogP contribution in [0, 0.1) is 11.7 Å². The van der Waals surface area contributed by atoms with Crippen molar-refractivity contribution in [3.05, 3.63) is 53.8 Å². The molecule has 2 aromatic carbocycles. The summed E-state index contributed by atoms with van der Waals surface area (Å²) in [6.45, 7) is 7.86. The summed E-state index contributed by atoms with van der Waals surface area (Å²) in [4.78, 5) is 27.4. The highest BCUT2D eigenvalue weighted by Crippen LogP contribution is 2.29. The molecule has 0 bridgehead atoms. The van der Waals surface area contributed by atoms with Gasteiger partial charge in [0.05, 0.1) is 5.56 Å². The highest BCUT2D eigenvalue weighted by atomic mass is 19.1. The van der Waals surface area contributed by atoms with Crippen LogP contribution < -0.4 is 20.9 Å². The van der Waals surface area contributed by atoms with Crippen molar-refractivity contribution in [1.29, 1.82) is 0 Å². The van der Waals surface area contributed by atoms with E-state index in [0.717, 1.165) is 31.6 Å². The number of benzene rings is 2. The Kier molecular flexibility index (Phi) is 6.92. The SMILES string of the molecule is CC1CCN(c2ccc(NC(=O)Nc3cccc(F)c3)cc2C(=O)NC(C)C)CC1. The van der Waals surface area contributed by atoms with Gasteiger partial charge in [-0.25, -0.2) is 9.18 Å². The molecule has 3 amide bonds. The Hall–Kier alpha value is -3.09. The average Bonchev–Trinajstić information content (AvgIpc) is 2.68. The van der Waals surface area contributed by atoms with Gasteiger partial charge in [0, 0.05) is 36.2 Å². The molecule has 1 fully saturated rings. The van der Waals surface area contributed by atoms with Crippen molar-refractivity contribution in [1.82, 2.24) is 5.32 Å². The minimum Gasteiger partial charge on any atom is -0.371 e. The lowest BCUT2D eigenvalue weighted by Gasteiger charge is -2.33. The summed E-state index contributed by atoms with van der Waals surface area (Å²) >= 11 is 0. The van der Waals surface area contributed by atoms with Crippen LogP contribution in [-0.4, -0.2) is 31.1 Å². The van der Waals surface area contributed by atoms with Crippen LogP contribution >= 0.6 is 0 Å². The number of amides is 3. The van der Waals surface area contributed by atoms with Crippen molar-refractivity contribution in [3.63, 3.8) is 0 Å². The van der Waals surface area contributed by atoms with E-state index in [4.69, 9.17) is 0 Å². The molecule has 1 heterocycles. The molecule has 6 nitrogen and oxygen atoms in total. The lowest BCUT2D eigenvalue weighted by molar-refractivity contribution is 0.0943. The van der Waals surface area contributed by atoms with E-state index in [0.29, 0.717) is 22.9 Å². The van der Waals surface area contributed by atoms with Crippen LogP contribution in [0.1, 0.15) is 44.0 Å². The fraction of sp³-hybridized carbons (Fsp3) is 0.391. The third kappa shape index (κ3) is 5.72. The first-order chi connectivity index (χ1) is 14.3. The number of nitrogens with one attached hydrogen (secondary N) is 3. The van der Waals surface area contributed by atoms with E-state index < -0.39 is 11.8 Å². The lowest BCUT2D eigenvalue weighted by Crippen LogP contribution is -2.36. The van der Waals surface area contributed by atoms with E-state index in [1.54, 1.807) is 18.2 Å². The maximum atomic E-state index is 13.3. The predicted octanol–water partition coefficient (Wildman–Crippen LogP) is 4.84. The van der Waals surface area contributed by atoms with Gasteiger partial charge in [-0.2, -0.15) is 0 Å². The first-order valence-corrected chi connectivity index (χ1v) is 10.3. The van der Waals surface area contributed by atoms with Crippen LogP contribution in [0.15, 0.2) is 42.5 Å². The monoisotopic (exact) mass is 412 g/mol. The zero-order valence-corrected chi connectivity index (χ0v) is 17.7. The second-order valence-corrected chi connectivity index (χ2v) is 8.12. The van der Waals surface area contributed by atoms with Crippen LogP contribution in [0.2, 0.25) is 0 Å². The minimum atomic E-state index is -0.504. The maximum absolute atomic E-state index is 13.3. The molecular formula is C23H29FN4O2. The van der Waals surface area contributed by atoms with E-state index in [9.17, 15) is 14.0 Å². The van der Waals surface area contributed by atoms with Gasteiger partial charge in [-0.3, -0.25) is 4.79 Å². The number of anilines is 3. The number of hydrogen-bond donors (Lipinski definition) is 3. The zero-order valence-electron chi connectivity index (χ0n) is 17.7. The van der Waals surface area contributed by atoms with Crippen molar-refractivity contribution in [2.24, 2.45) is 5.92 Å². The highest BCUT2D eigenvalue weighted by Gasteiger charge is 2.22. The molecule has 0 radical (unpaired) electrons. The fourth-order valence-electron chi connectivity index (χ4n) is 3.52. The van der Waals surface area contributed by atoms with Crippen LogP contribution in [0.3, 0.4) is 0 Å². The molecule has 1 aliphatic rings. The van der Waals surface area contributed by atoms with E-state index in [2.05, 4.69) is 27.8 Å². The first-order valence-electron chi connectivity index (χ1n) is 10.3. The number of hydrogen-bond acceptors (Lipinski definition) is 3. The number of piperidine rings is 1. The molecule has 2 aromatic rings. The Balaban J connectivity index is 1.79. The van der Waals surface area contributed by atoms with Crippen LogP contribution in [0.5, 0.6) is 0 Å². The molecule has 7 heteroatoms. The van der Waals surface area contributed by atoms with Gasteiger partial charge in [0.2, 0.25) is 0 Å². The second-order valence-electron chi connectivity index (χ2n) is 8.12. The number of urea groups is 1. The van der Waals surface area contributed by atoms with Gasteiger partial charge in [-0.05, 0) is 69.0 Å².